The minimum absolute atomic E-state index is 0.0399. The first kappa shape index (κ1) is 14.8. The van der Waals surface area contributed by atoms with Crippen LogP contribution in [-0.4, -0.2) is 30.1 Å². The van der Waals surface area contributed by atoms with Crippen LogP contribution in [0.1, 0.15) is 24.2 Å². The van der Waals surface area contributed by atoms with Gasteiger partial charge in [-0.3, -0.25) is 14.4 Å². The Morgan fingerprint density at radius 2 is 1.76 bits per heavy atom. The smallest absolute Gasteiger partial charge is 0.195 e. The average Bonchev–Trinajstić information content (AvgIpc) is 2.30. The standard InChI is InChI=1S/C8H8O3.C4H6O2/c1-11-8-4-6(5-9)2-3-7(8)10;1-3(5)4(2)6/h2-5,10H,1H3;1-2H3. The van der Waals surface area contributed by atoms with E-state index in [1.807, 2.05) is 0 Å². The average molecular weight is 238 g/mol. The number of benzene rings is 1. The Hall–Kier alpha value is -2.17. The van der Waals surface area contributed by atoms with Crippen molar-refractivity contribution in [2.75, 3.05) is 7.11 Å². The number of aldehydes is 1. The van der Waals surface area contributed by atoms with Gasteiger partial charge in [-0.05, 0) is 18.2 Å². The molecule has 1 aromatic carbocycles. The topological polar surface area (TPSA) is 80.7 Å². The summed E-state index contributed by atoms with van der Waals surface area (Å²) in [7, 11) is 1.43. The molecule has 0 radical (unpaired) electrons. The molecule has 92 valence electrons. The van der Waals surface area contributed by atoms with Crippen molar-refractivity contribution in [2.24, 2.45) is 0 Å². The van der Waals surface area contributed by atoms with E-state index in [9.17, 15) is 14.4 Å². The molecule has 5 nitrogen and oxygen atoms in total. The number of Topliss-reactive ketones (excluding diaryl/α,β-unsaturated/α-hetero) is 2. The molecule has 5 heteroatoms. The summed E-state index contributed by atoms with van der Waals surface area (Å²) >= 11 is 0. The van der Waals surface area contributed by atoms with E-state index < -0.39 is 0 Å². The Bertz CT molecular complexity index is 411. The molecule has 17 heavy (non-hydrogen) atoms. The highest BCUT2D eigenvalue weighted by atomic mass is 16.5. The molecule has 0 heterocycles. The highest BCUT2D eigenvalue weighted by Gasteiger charge is 2.00. The van der Waals surface area contributed by atoms with E-state index >= 15 is 0 Å². The monoisotopic (exact) mass is 238 g/mol. The van der Waals surface area contributed by atoms with Gasteiger partial charge in [-0.1, -0.05) is 0 Å². The fraction of sp³-hybridized carbons (Fsp3) is 0.250. The lowest BCUT2D eigenvalue weighted by atomic mass is 10.2. The number of phenols is 1. The zero-order chi connectivity index (χ0) is 13.4. The van der Waals surface area contributed by atoms with Crippen molar-refractivity contribution >= 4 is 17.9 Å². The lowest BCUT2D eigenvalue weighted by Crippen LogP contribution is -2.01. The molecule has 0 aliphatic heterocycles. The van der Waals surface area contributed by atoms with E-state index in [-0.39, 0.29) is 17.3 Å². The zero-order valence-electron chi connectivity index (χ0n) is 9.89. The maximum absolute atomic E-state index is 10.2. The molecule has 0 amide bonds. The summed E-state index contributed by atoms with van der Waals surface area (Å²) in [6.45, 7) is 2.50. The summed E-state index contributed by atoms with van der Waals surface area (Å²) in [6.07, 6.45) is 0.696. The normalized spacial score (nSPS) is 8.65. The second kappa shape index (κ2) is 7.16. The quantitative estimate of drug-likeness (QED) is 0.635. The molecule has 0 aromatic heterocycles. The summed E-state index contributed by atoms with van der Waals surface area (Å²) < 4.78 is 4.78. The van der Waals surface area contributed by atoms with Crippen molar-refractivity contribution in [2.45, 2.75) is 13.8 Å². The van der Waals surface area contributed by atoms with Gasteiger partial charge in [-0.2, -0.15) is 0 Å². The van der Waals surface area contributed by atoms with Crippen LogP contribution >= 0.6 is 0 Å². The second-order valence-corrected chi connectivity index (χ2v) is 3.16. The van der Waals surface area contributed by atoms with E-state index in [0.717, 1.165) is 0 Å². The third-order valence-corrected chi connectivity index (χ3v) is 1.84. The summed E-state index contributed by atoms with van der Waals surface area (Å²) in [4.78, 5) is 29.8. The lowest BCUT2D eigenvalue weighted by Gasteiger charge is -2.01. The van der Waals surface area contributed by atoms with Crippen LogP contribution in [0, 0.1) is 0 Å². The Morgan fingerprint density at radius 3 is 2.12 bits per heavy atom. The molecule has 0 saturated carbocycles. The Labute approximate surface area is 99.0 Å². The van der Waals surface area contributed by atoms with Gasteiger partial charge in [0.2, 0.25) is 0 Å². The molecule has 0 spiro atoms. The van der Waals surface area contributed by atoms with E-state index in [4.69, 9.17) is 9.84 Å². The maximum Gasteiger partial charge on any atom is 0.195 e. The Kier molecular flexibility index (Phi) is 6.25. The summed E-state index contributed by atoms with van der Waals surface area (Å²) in [6, 6.07) is 4.41. The van der Waals surface area contributed by atoms with Crippen molar-refractivity contribution in [3.63, 3.8) is 0 Å². The molecular formula is C12H14O5. The summed E-state index contributed by atoms with van der Waals surface area (Å²) in [5, 5.41) is 9.09. The number of ether oxygens (including phenoxy) is 1. The largest absolute Gasteiger partial charge is 0.504 e. The van der Waals surface area contributed by atoms with Crippen molar-refractivity contribution in [1.29, 1.82) is 0 Å². The number of carbonyl (C=O) groups excluding carboxylic acids is 3. The fourth-order valence-corrected chi connectivity index (χ4v) is 0.768. The molecule has 0 atom stereocenters. The summed E-state index contributed by atoms with van der Waals surface area (Å²) in [5.41, 5.74) is 0.486. The van der Waals surface area contributed by atoms with Crippen molar-refractivity contribution in [1.82, 2.24) is 0 Å². The van der Waals surface area contributed by atoms with E-state index in [1.54, 1.807) is 0 Å². The third-order valence-electron chi connectivity index (χ3n) is 1.84. The fourth-order valence-electron chi connectivity index (χ4n) is 0.768. The SMILES string of the molecule is CC(=O)C(C)=O.COc1cc(C=O)ccc1O. The number of hydrogen-bond acceptors (Lipinski definition) is 5. The third kappa shape index (κ3) is 5.46. The number of hydrogen-bond donors (Lipinski definition) is 1. The predicted octanol–water partition coefficient (Wildman–Crippen LogP) is 1.38. The van der Waals surface area contributed by atoms with Gasteiger partial charge in [-0.25, -0.2) is 0 Å². The zero-order valence-corrected chi connectivity index (χ0v) is 9.89. The van der Waals surface area contributed by atoms with Gasteiger partial charge >= 0.3 is 0 Å². The molecule has 0 aliphatic rings. The van der Waals surface area contributed by atoms with Crippen LogP contribution in [0.25, 0.3) is 0 Å². The van der Waals surface area contributed by atoms with Crippen LogP contribution in [0.3, 0.4) is 0 Å². The van der Waals surface area contributed by atoms with Gasteiger partial charge in [0, 0.05) is 19.4 Å². The maximum atomic E-state index is 10.2. The van der Waals surface area contributed by atoms with Gasteiger partial charge in [0.1, 0.15) is 6.29 Å². The number of phenolic OH excluding ortho intramolecular Hbond substituents is 1. The predicted molar refractivity (Wildman–Crippen MR) is 61.4 cm³/mol. The van der Waals surface area contributed by atoms with Gasteiger partial charge in [0.05, 0.1) is 7.11 Å². The number of carbonyl (C=O) groups is 3. The van der Waals surface area contributed by atoms with E-state index in [1.165, 1.54) is 39.2 Å². The van der Waals surface area contributed by atoms with Crippen LogP contribution in [0.5, 0.6) is 11.5 Å². The molecule has 0 fully saturated rings. The molecule has 1 rings (SSSR count). The lowest BCUT2D eigenvalue weighted by molar-refractivity contribution is -0.134. The first-order chi connectivity index (χ1) is 7.92. The number of ketones is 2. The van der Waals surface area contributed by atoms with Crippen molar-refractivity contribution < 1.29 is 24.2 Å². The highest BCUT2D eigenvalue weighted by molar-refractivity contribution is 6.35. The number of methoxy groups -OCH3 is 1. The van der Waals surface area contributed by atoms with Crippen LogP contribution in [-0.2, 0) is 9.59 Å². The minimum Gasteiger partial charge on any atom is -0.504 e. The Balaban J connectivity index is 0.000000366. The van der Waals surface area contributed by atoms with Gasteiger partial charge < -0.3 is 9.84 Å². The van der Waals surface area contributed by atoms with E-state index in [0.29, 0.717) is 17.6 Å². The van der Waals surface area contributed by atoms with Crippen LogP contribution < -0.4 is 4.74 Å². The molecule has 0 aliphatic carbocycles. The molecule has 0 saturated heterocycles. The first-order valence-electron chi connectivity index (χ1n) is 4.76. The van der Waals surface area contributed by atoms with Crippen LogP contribution in [0.4, 0.5) is 0 Å². The first-order valence-corrected chi connectivity index (χ1v) is 4.76. The Morgan fingerprint density at radius 1 is 1.24 bits per heavy atom. The highest BCUT2D eigenvalue weighted by Crippen LogP contribution is 2.25. The van der Waals surface area contributed by atoms with Crippen molar-refractivity contribution in [3.8, 4) is 11.5 Å². The van der Waals surface area contributed by atoms with Crippen LogP contribution in [0.2, 0.25) is 0 Å². The number of aromatic hydroxyl groups is 1. The van der Waals surface area contributed by atoms with E-state index in [2.05, 4.69) is 0 Å². The number of rotatable bonds is 3. The van der Waals surface area contributed by atoms with Gasteiger partial charge in [0.25, 0.3) is 0 Å². The van der Waals surface area contributed by atoms with Crippen molar-refractivity contribution in [3.05, 3.63) is 23.8 Å². The molecule has 1 aromatic rings. The molecule has 1 N–H and O–H groups in total. The summed E-state index contributed by atoms with van der Waals surface area (Å²) in [5.74, 6) is -0.405. The van der Waals surface area contributed by atoms with Gasteiger partial charge in [-0.15, -0.1) is 0 Å². The molecule has 0 bridgehead atoms. The molecular weight excluding hydrogens is 224 g/mol. The second-order valence-electron chi connectivity index (χ2n) is 3.16. The molecule has 0 unspecified atom stereocenters. The van der Waals surface area contributed by atoms with Crippen LogP contribution in [0.15, 0.2) is 18.2 Å². The minimum atomic E-state index is -0.380. The van der Waals surface area contributed by atoms with Gasteiger partial charge in [0.15, 0.2) is 23.1 Å².